The van der Waals surface area contributed by atoms with Crippen molar-refractivity contribution in [3.63, 3.8) is 0 Å². The first-order valence-corrected chi connectivity index (χ1v) is 8.01. The van der Waals surface area contributed by atoms with Gasteiger partial charge in [-0.05, 0) is 12.5 Å². The number of esters is 1. The second kappa shape index (κ2) is 5.20. The number of ether oxygens (including phenoxy) is 2. The number of carbonyl (C=O) groups excluding carboxylic acids is 2. The van der Waals surface area contributed by atoms with Gasteiger partial charge in [0.25, 0.3) is 0 Å². The van der Waals surface area contributed by atoms with Gasteiger partial charge in [0.15, 0.2) is 0 Å². The summed E-state index contributed by atoms with van der Waals surface area (Å²) < 4.78 is 11.2. The van der Waals surface area contributed by atoms with Crippen LogP contribution in [-0.2, 0) is 25.6 Å². The van der Waals surface area contributed by atoms with Crippen LogP contribution in [0, 0.1) is 11.8 Å². The molecule has 2 bridgehead atoms. The maximum atomic E-state index is 12.9. The van der Waals surface area contributed by atoms with E-state index in [9.17, 15) is 9.59 Å². The van der Waals surface area contributed by atoms with Crippen molar-refractivity contribution in [2.75, 3.05) is 13.2 Å². The Morgan fingerprint density at radius 1 is 1.39 bits per heavy atom. The third kappa shape index (κ3) is 2.10. The van der Waals surface area contributed by atoms with E-state index in [1.807, 2.05) is 42.5 Å². The van der Waals surface area contributed by atoms with Crippen molar-refractivity contribution >= 4 is 11.9 Å². The van der Waals surface area contributed by atoms with E-state index in [2.05, 4.69) is 0 Å². The molecule has 5 heteroatoms. The van der Waals surface area contributed by atoms with Crippen molar-refractivity contribution in [1.82, 2.24) is 4.90 Å². The fraction of sp³-hybridized carbons (Fsp3) is 0.444. The second-order valence-corrected chi connectivity index (χ2v) is 6.33. The van der Waals surface area contributed by atoms with Crippen molar-refractivity contribution < 1.29 is 19.1 Å². The molecule has 0 unspecified atom stereocenters. The van der Waals surface area contributed by atoms with Crippen molar-refractivity contribution in [3.05, 3.63) is 48.0 Å². The fourth-order valence-electron chi connectivity index (χ4n) is 4.02. The largest absolute Gasteiger partial charge is 0.466 e. The number of likely N-dealkylation sites (tertiary alicyclic amines) is 1. The normalized spacial score (nSPS) is 34.0. The molecule has 4 atom stereocenters. The number of nitrogens with zero attached hydrogens (tertiary/aromatic N) is 1. The van der Waals surface area contributed by atoms with Crippen LogP contribution in [0.25, 0.3) is 0 Å². The molecule has 0 aromatic heterocycles. The minimum atomic E-state index is -0.659. The summed E-state index contributed by atoms with van der Waals surface area (Å²) in [7, 11) is 0. The van der Waals surface area contributed by atoms with Gasteiger partial charge in [0.05, 0.1) is 25.2 Å². The van der Waals surface area contributed by atoms with Crippen LogP contribution in [0.4, 0.5) is 0 Å². The molecule has 3 heterocycles. The Morgan fingerprint density at radius 2 is 2.17 bits per heavy atom. The lowest BCUT2D eigenvalue weighted by atomic mass is 9.77. The average Bonchev–Trinajstić information content (AvgIpc) is 3.17. The van der Waals surface area contributed by atoms with Gasteiger partial charge in [0.2, 0.25) is 5.91 Å². The quantitative estimate of drug-likeness (QED) is 0.625. The van der Waals surface area contributed by atoms with Crippen LogP contribution in [0.1, 0.15) is 12.5 Å². The Labute approximate surface area is 134 Å². The van der Waals surface area contributed by atoms with E-state index in [4.69, 9.17) is 9.47 Å². The number of hydrogen-bond acceptors (Lipinski definition) is 4. The molecule has 1 aromatic rings. The molecule has 3 aliphatic rings. The van der Waals surface area contributed by atoms with Crippen molar-refractivity contribution in [2.24, 2.45) is 11.8 Å². The third-order valence-electron chi connectivity index (χ3n) is 4.95. The third-order valence-corrected chi connectivity index (χ3v) is 4.95. The summed E-state index contributed by atoms with van der Waals surface area (Å²) in [6.07, 6.45) is 3.53. The highest BCUT2D eigenvalue weighted by atomic mass is 16.6. The lowest BCUT2D eigenvalue weighted by molar-refractivity contribution is -0.153. The van der Waals surface area contributed by atoms with Gasteiger partial charge in [-0.2, -0.15) is 0 Å². The number of carbonyl (C=O) groups is 2. The smallest absolute Gasteiger partial charge is 0.312 e. The monoisotopic (exact) mass is 313 g/mol. The van der Waals surface area contributed by atoms with E-state index >= 15 is 0 Å². The van der Waals surface area contributed by atoms with Gasteiger partial charge in [-0.15, -0.1) is 0 Å². The highest BCUT2D eigenvalue weighted by Crippen LogP contribution is 2.52. The van der Waals surface area contributed by atoms with Crippen LogP contribution in [-0.4, -0.2) is 41.6 Å². The lowest BCUT2D eigenvalue weighted by Gasteiger charge is -2.22. The molecule has 0 radical (unpaired) electrons. The first kappa shape index (κ1) is 14.5. The molecule has 120 valence electrons. The van der Waals surface area contributed by atoms with Crippen LogP contribution < -0.4 is 0 Å². The molecule has 5 nitrogen and oxygen atoms in total. The number of amides is 1. The predicted octanol–water partition coefficient (Wildman–Crippen LogP) is 1.53. The molecular weight excluding hydrogens is 294 g/mol. The van der Waals surface area contributed by atoms with Crippen LogP contribution in [0.2, 0.25) is 0 Å². The van der Waals surface area contributed by atoms with Crippen LogP contribution in [0.3, 0.4) is 0 Å². The molecule has 1 amide bonds. The van der Waals surface area contributed by atoms with E-state index in [0.29, 0.717) is 19.7 Å². The molecule has 23 heavy (non-hydrogen) atoms. The topological polar surface area (TPSA) is 55.8 Å². The summed E-state index contributed by atoms with van der Waals surface area (Å²) in [4.78, 5) is 27.0. The van der Waals surface area contributed by atoms with Gasteiger partial charge < -0.3 is 14.4 Å². The molecule has 4 rings (SSSR count). The van der Waals surface area contributed by atoms with Gasteiger partial charge >= 0.3 is 5.97 Å². The zero-order valence-corrected chi connectivity index (χ0v) is 13.0. The highest BCUT2D eigenvalue weighted by Gasteiger charge is 2.67. The molecular formula is C18H19NO4. The predicted molar refractivity (Wildman–Crippen MR) is 82.2 cm³/mol. The summed E-state index contributed by atoms with van der Waals surface area (Å²) in [5.74, 6) is -1.32. The summed E-state index contributed by atoms with van der Waals surface area (Å²) in [6.45, 7) is 3.12. The first-order valence-electron chi connectivity index (χ1n) is 8.01. The second-order valence-electron chi connectivity index (χ2n) is 6.33. The standard InChI is InChI=1S/C18H19NO4/c1-2-22-17(21)14-13-8-9-18(23-13)11-19(16(20)15(14)18)10-12-6-4-3-5-7-12/h3-9,13-15H,2,10-11H2,1H3/t13-,14+,15+,18-/m0/s1. The summed E-state index contributed by atoms with van der Waals surface area (Å²) in [5, 5.41) is 0. The Kier molecular flexibility index (Phi) is 3.27. The van der Waals surface area contributed by atoms with Crippen molar-refractivity contribution in [2.45, 2.75) is 25.2 Å². The van der Waals surface area contributed by atoms with E-state index in [1.165, 1.54) is 0 Å². The SMILES string of the molecule is CCOC(=O)[C@@H]1[C@@H]2C=C[C@@]3(CN(Cc4ccccc4)C(=O)[C@@H]13)O2. The molecule has 3 aliphatic heterocycles. The van der Waals surface area contributed by atoms with Crippen LogP contribution in [0.5, 0.6) is 0 Å². The Balaban J connectivity index is 1.60. The molecule has 0 aliphatic carbocycles. The van der Waals surface area contributed by atoms with E-state index < -0.39 is 17.4 Å². The number of hydrogen-bond donors (Lipinski definition) is 0. The molecule has 1 aromatic carbocycles. The van der Waals surface area contributed by atoms with Gasteiger partial charge in [0.1, 0.15) is 11.5 Å². The average molecular weight is 313 g/mol. The minimum Gasteiger partial charge on any atom is -0.466 e. The Bertz CT molecular complexity index is 671. The summed E-state index contributed by atoms with van der Waals surface area (Å²) in [5.41, 5.74) is 0.414. The van der Waals surface area contributed by atoms with E-state index in [-0.39, 0.29) is 18.0 Å². The number of rotatable bonds is 4. The first-order chi connectivity index (χ1) is 11.1. The summed E-state index contributed by atoms with van der Waals surface area (Å²) >= 11 is 0. The zero-order valence-electron chi connectivity index (χ0n) is 13.0. The Morgan fingerprint density at radius 3 is 2.91 bits per heavy atom. The minimum absolute atomic E-state index is 0.0150. The van der Waals surface area contributed by atoms with Crippen LogP contribution >= 0.6 is 0 Å². The van der Waals surface area contributed by atoms with Crippen molar-refractivity contribution in [3.8, 4) is 0 Å². The van der Waals surface area contributed by atoms with Crippen LogP contribution in [0.15, 0.2) is 42.5 Å². The van der Waals surface area contributed by atoms with E-state index in [0.717, 1.165) is 5.56 Å². The van der Waals surface area contributed by atoms with E-state index in [1.54, 1.807) is 11.8 Å². The molecule has 2 fully saturated rings. The lowest BCUT2D eigenvalue weighted by Crippen LogP contribution is -2.39. The van der Waals surface area contributed by atoms with Gasteiger partial charge in [-0.3, -0.25) is 9.59 Å². The zero-order chi connectivity index (χ0) is 16.0. The Hall–Kier alpha value is -2.14. The maximum absolute atomic E-state index is 12.9. The fourth-order valence-corrected chi connectivity index (χ4v) is 4.02. The molecule has 0 N–H and O–H groups in total. The molecule has 0 saturated carbocycles. The number of benzene rings is 1. The molecule has 2 saturated heterocycles. The van der Waals surface area contributed by atoms with Crippen molar-refractivity contribution in [1.29, 1.82) is 0 Å². The van der Waals surface area contributed by atoms with Gasteiger partial charge in [0, 0.05) is 6.54 Å². The maximum Gasteiger partial charge on any atom is 0.312 e. The van der Waals surface area contributed by atoms with Gasteiger partial charge in [-0.25, -0.2) is 0 Å². The highest BCUT2D eigenvalue weighted by molar-refractivity contribution is 5.91. The number of fused-ring (bicyclic) bond motifs is 1. The molecule has 1 spiro atoms. The van der Waals surface area contributed by atoms with Gasteiger partial charge in [-0.1, -0.05) is 42.5 Å². The summed E-state index contributed by atoms with van der Waals surface area (Å²) in [6, 6.07) is 9.86.